The van der Waals surface area contributed by atoms with E-state index in [-0.39, 0.29) is 52.4 Å². The Morgan fingerprint density at radius 3 is 2.69 bits per heavy atom. The first-order valence-corrected chi connectivity index (χ1v) is 10.2. The van der Waals surface area contributed by atoms with Gasteiger partial charge >= 0.3 is 0 Å². The van der Waals surface area contributed by atoms with E-state index in [1.165, 1.54) is 12.1 Å². The van der Waals surface area contributed by atoms with Crippen molar-refractivity contribution in [3.8, 4) is 5.75 Å². The third-order valence-electron chi connectivity index (χ3n) is 6.09. The first kappa shape index (κ1) is 20.4. The summed E-state index contributed by atoms with van der Waals surface area (Å²) < 4.78 is 24.1. The summed E-state index contributed by atoms with van der Waals surface area (Å²) >= 11 is 5.63. The van der Waals surface area contributed by atoms with Gasteiger partial charge in [0.1, 0.15) is 11.6 Å². The monoisotopic (exact) mass is 425 g/mol. The van der Waals surface area contributed by atoms with Crippen molar-refractivity contribution in [3.63, 3.8) is 0 Å². The van der Waals surface area contributed by atoms with Gasteiger partial charge in [-0.15, -0.1) is 0 Å². The van der Waals surface area contributed by atoms with Crippen LogP contribution in [0.1, 0.15) is 32.1 Å². The number of ether oxygens (including phenoxy) is 2. The number of carbonyl (C=O) groups is 2. The van der Waals surface area contributed by atoms with Crippen molar-refractivity contribution in [1.82, 2.24) is 16.0 Å². The highest BCUT2D eigenvalue weighted by molar-refractivity contribution is 6.30. The lowest BCUT2D eigenvalue weighted by atomic mass is 9.44. The number of rotatable bonds is 7. The number of piperidine rings is 1. The van der Waals surface area contributed by atoms with Gasteiger partial charge in [0, 0.05) is 24.3 Å². The van der Waals surface area contributed by atoms with Gasteiger partial charge in [0.15, 0.2) is 6.61 Å². The van der Waals surface area contributed by atoms with Crippen LogP contribution in [-0.2, 0) is 14.3 Å². The molecule has 1 aliphatic heterocycles. The van der Waals surface area contributed by atoms with Crippen molar-refractivity contribution in [3.05, 3.63) is 29.0 Å². The standard InChI is InChI=1S/C20H25ClFN3O4/c1-28-12-4-5-23-16(7-12)18(27)25-20-9-19(10-20,11-20)24-17(26)8-29-13-2-3-14(21)15(22)6-13/h2-3,6,12,16,23H,4-5,7-11H2,1H3,(H,24,26)(H,25,27). The normalized spacial score (nSPS) is 32.5. The zero-order valence-electron chi connectivity index (χ0n) is 16.2. The highest BCUT2D eigenvalue weighted by Crippen LogP contribution is 2.60. The minimum Gasteiger partial charge on any atom is -0.484 e. The van der Waals surface area contributed by atoms with Gasteiger partial charge in [-0.25, -0.2) is 4.39 Å². The second-order valence-electron chi connectivity index (χ2n) is 8.38. The van der Waals surface area contributed by atoms with E-state index in [0.717, 1.165) is 19.0 Å². The summed E-state index contributed by atoms with van der Waals surface area (Å²) in [6.07, 6.45) is 3.84. The van der Waals surface area contributed by atoms with E-state index in [1.807, 2.05) is 0 Å². The van der Waals surface area contributed by atoms with Crippen LogP contribution in [0.2, 0.25) is 5.02 Å². The number of carbonyl (C=O) groups excluding carboxylic acids is 2. The average Bonchev–Trinajstić information content (AvgIpc) is 2.66. The molecule has 2 unspecified atom stereocenters. The summed E-state index contributed by atoms with van der Waals surface area (Å²) in [5.74, 6) is -0.611. The zero-order chi connectivity index (χ0) is 20.6. The highest BCUT2D eigenvalue weighted by Gasteiger charge is 2.69. The molecule has 29 heavy (non-hydrogen) atoms. The van der Waals surface area contributed by atoms with Crippen LogP contribution in [0.15, 0.2) is 18.2 Å². The minimum absolute atomic E-state index is 0.000486. The van der Waals surface area contributed by atoms with E-state index in [4.69, 9.17) is 21.1 Å². The molecule has 2 amide bonds. The van der Waals surface area contributed by atoms with E-state index in [9.17, 15) is 14.0 Å². The molecule has 0 spiro atoms. The topological polar surface area (TPSA) is 88.7 Å². The minimum atomic E-state index is -0.592. The summed E-state index contributed by atoms with van der Waals surface area (Å²) in [7, 11) is 1.67. The van der Waals surface area contributed by atoms with E-state index >= 15 is 0 Å². The Kier molecular flexibility index (Phi) is 5.44. The average molecular weight is 426 g/mol. The molecule has 3 aliphatic carbocycles. The lowest BCUT2D eigenvalue weighted by Gasteiger charge is -2.70. The van der Waals surface area contributed by atoms with E-state index in [2.05, 4.69) is 16.0 Å². The Labute approximate surface area is 173 Å². The van der Waals surface area contributed by atoms with Crippen LogP contribution in [-0.4, -0.2) is 55.3 Å². The lowest BCUT2D eigenvalue weighted by molar-refractivity contribution is -0.152. The number of halogens is 2. The molecule has 2 atom stereocenters. The second-order valence-corrected chi connectivity index (χ2v) is 8.79. The molecule has 2 bridgehead atoms. The van der Waals surface area contributed by atoms with Crippen molar-refractivity contribution >= 4 is 23.4 Å². The molecule has 158 valence electrons. The van der Waals surface area contributed by atoms with Gasteiger partial charge in [-0.2, -0.15) is 0 Å². The smallest absolute Gasteiger partial charge is 0.258 e. The fourth-order valence-corrected chi connectivity index (χ4v) is 4.86. The van der Waals surface area contributed by atoms with Crippen LogP contribution in [0, 0.1) is 5.82 Å². The van der Waals surface area contributed by atoms with Crippen molar-refractivity contribution in [2.75, 3.05) is 20.3 Å². The molecule has 3 saturated carbocycles. The van der Waals surface area contributed by atoms with Crippen molar-refractivity contribution in [2.24, 2.45) is 0 Å². The number of nitrogens with one attached hydrogen (secondary N) is 3. The number of methoxy groups -OCH3 is 1. The third kappa shape index (κ3) is 4.20. The molecule has 5 rings (SSSR count). The second kappa shape index (κ2) is 7.74. The third-order valence-corrected chi connectivity index (χ3v) is 6.40. The summed E-state index contributed by atoms with van der Waals surface area (Å²) in [4.78, 5) is 24.7. The fraction of sp³-hybridized carbons (Fsp3) is 0.600. The maximum atomic E-state index is 13.4. The number of hydrogen-bond acceptors (Lipinski definition) is 5. The highest BCUT2D eigenvalue weighted by atomic mass is 35.5. The zero-order valence-corrected chi connectivity index (χ0v) is 17.0. The van der Waals surface area contributed by atoms with E-state index in [1.54, 1.807) is 7.11 Å². The summed E-state index contributed by atoms with van der Waals surface area (Å²) in [5.41, 5.74) is -0.486. The number of amides is 2. The van der Waals surface area contributed by atoms with Crippen LogP contribution in [0.5, 0.6) is 5.75 Å². The SMILES string of the molecule is COC1CCNC(C(=O)NC23CC(NC(=O)COc4ccc(Cl)c(F)c4)(C2)C3)C1. The Morgan fingerprint density at radius 2 is 2.00 bits per heavy atom. The van der Waals surface area contributed by atoms with Gasteiger partial charge < -0.3 is 25.4 Å². The maximum absolute atomic E-state index is 13.4. The Hall–Kier alpha value is -1.90. The first-order valence-electron chi connectivity index (χ1n) is 9.79. The predicted octanol–water partition coefficient (Wildman–Crippen LogP) is 1.53. The van der Waals surface area contributed by atoms with Crippen LogP contribution in [0.3, 0.4) is 0 Å². The Balaban J connectivity index is 1.20. The first-order chi connectivity index (χ1) is 13.8. The molecule has 3 N–H and O–H groups in total. The van der Waals surface area contributed by atoms with E-state index < -0.39 is 5.82 Å². The lowest BCUT2D eigenvalue weighted by Crippen LogP contribution is -2.84. The van der Waals surface area contributed by atoms with Crippen LogP contribution >= 0.6 is 11.6 Å². The van der Waals surface area contributed by atoms with Crippen molar-refractivity contribution in [2.45, 2.75) is 55.3 Å². The summed E-state index contributed by atoms with van der Waals surface area (Å²) in [6.45, 7) is 0.563. The Bertz CT molecular complexity index is 801. The summed E-state index contributed by atoms with van der Waals surface area (Å²) in [5, 5.41) is 9.37. The maximum Gasteiger partial charge on any atom is 0.258 e. The molecule has 7 nitrogen and oxygen atoms in total. The van der Waals surface area contributed by atoms with Crippen LogP contribution in [0.25, 0.3) is 0 Å². The van der Waals surface area contributed by atoms with Crippen LogP contribution in [0.4, 0.5) is 4.39 Å². The number of hydrogen-bond donors (Lipinski definition) is 3. The Morgan fingerprint density at radius 1 is 1.28 bits per heavy atom. The fourth-order valence-electron chi connectivity index (χ4n) is 4.75. The molecule has 1 aromatic carbocycles. The molecular weight excluding hydrogens is 401 g/mol. The molecule has 1 heterocycles. The summed E-state index contributed by atoms with van der Waals surface area (Å²) in [6, 6.07) is 3.81. The van der Waals surface area contributed by atoms with Gasteiger partial charge in [-0.05, 0) is 50.8 Å². The molecule has 0 radical (unpaired) electrons. The van der Waals surface area contributed by atoms with Crippen molar-refractivity contribution < 1.29 is 23.5 Å². The molecule has 4 aliphatic rings. The molecule has 4 fully saturated rings. The van der Waals surface area contributed by atoms with Crippen LogP contribution < -0.4 is 20.7 Å². The quantitative estimate of drug-likeness (QED) is 0.616. The van der Waals surface area contributed by atoms with Gasteiger partial charge in [0.05, 0.1) is 17.2 Å². The largest absolute Gasteiger partial charge is 0.484 e. The van der Waals surface area contributed by atoms with Gasteiger partial charge in [-0.1, -0.05) is 11.6 Å². The van der Waals surface area contributed by atoms with Gasteiger partial charge in [-0.3, -0.25) is 9.59 Å². The molecular formula is C20H25ClFN3O4. The van der Waals surface area contributed by atoms with Gasteiger partial charge in [0.25, 0.3) is 5.91 Å². The molecule has 9 heteroatoms. The molecule has 0 aromatic heterocycles. The van der Waals surface area contributed by atoms with E-state index in [0.29, 0.717) is 25.7 Å². The molecule has 1 aromatic rings. The predicted molar refractivity (Wildman–Crippen MR) is 104 cm³/mol. The van der Waals surface area contributed by atoms with Crippen molar-refractivity contribution in [1.29, 1.82) is 0 Å². The molecule has 1 saturated heterocycles. The number of benzene rings is 1. The van der Waals surface area contributed by atoms with Gasteiger partial charge in [0.2, 0.25) is 5.91 Å².